The van der Waals surface area contributed by atoms with E-state index >= 15 is 0 Å². The Bertz CT molecular complexity index is 420. The number of nitrogens with two attached hydrogens (primary N) is 1. The highest BCUT2D eigenvalue weighted by atomic mass is 32.2. The Morgan fingerprint density at radius 2 is 2.41 bits per heavy atom. The largest absolute Gasteiger partial charge is 0.327 e. The zero-order valence-electron chi connectivity index (χ0n) is 10.1. The summed E-state index contributed by atoms with van der Waals surface area (Å²) in [6.45, 7) is 2.23. The van der Waals surface area contributed by atoms with Gasteiger partial charge >= 0.3 is 0 Å². The number of aromatic amines is 1. The molecule has 2 rings (SSSR count). The van der Waals surface area contributed by atoms with Crippen molar-refractivity contribution in [2.45, 2.75) is 49.1 Å². The molecule has 0 radical (unpaired) electrons. The molecule has 0 saturated heterocycles. The highest BCUT2D eigenvalue weighted by Crippen LogP contribution is 2.35. The van der Waals surface area contributed by atoms with E-state index in [2.05, 4.69) is 16.9 Å². The number of H-pyrrole nitrogens is 1. The zero-order chi connectivity index (χ0) is 12.3. The van der Waals surface area contributed by atoms with Gasteiger partial charge in [-0.25, -0.2) is 4.98 Å². The molecular weight excluding hydrogens is 234 g/mol. The molecule has 1 aromatic rings. The summed E-state index contributed by atoms with van der Waals surface area (Å²) in [7, 11) is 0. The van der Waals surface area contributed by atoms with Crippen LogP contribution in [0.25, 0.3) is 0 Å². The molecule has 94 valence electrons. The van der Waals surface area contributed by atoms with Gasteiger partial charge in [-0.2, -0.15) is 0 Å². The van der Waals surface area contributed by atoms with Gasteiger partial charge in [0.1, 0.15) is 0 Å². The number of thioether (sulfide) groups is 1. The Hall–Kier alpha value is -0.810. The Morgan fingerprint density at radius 1 is 1.59 bits per heavy atom. The fourth-order valence-corrected chi connectivity index (χ4v) is 3.54. The van der Waals surface area contributed by atoms with Crippen molar-refractivity contribution in [2.75, 3.05) is 0 Å². The molecular formula is C12H19N3OS. The van der Waals surface area contributed by atoms with E-state index in [-0.39, 0.29) is 11.6 Å². The third kappa shape index (κ3) is 3.33. The van der Waals surface area contributed by atoms with E-state index in [4.69, 9.17) is 5.73 Å². The van der Waals surface area contributed by atoms with Crippen molar-refractivity contribution >= 4 is 11.8 Å². The van der Waals surface area contributed by atoms with Gasteiger partial charge in [0.05, 0.1) is 0 Å². The summed E-state index contributed by atoms with van der Waals surface area (Å²) in [6, 6.07) is 1.65. The molecule has 3 N–H and O–H groups in total. The molecule has 4 nitrogen and oxygen atoms in total. The number of rotatable bonds is 3. The maximum atomic E-state index is 11.2. The van der Waals surface area contributed by atoms with Crippen LogP contribution in [0.5, 0.6) is 0 Å². The molecule has 1 aromatic heterocycles. The van der Waals surface area contributed by atoms with Crippen molar-refractivity contribution in [1.82, 2.24) is 9.97 Å². The van der Waals surface area contributed by atoms with Gasteiger partial charge in [0, 0.05) is 23.6 Å². The minimum Gasteiger partial charge on any atom is -0.327 e. The van der Waals surface area contributed by atoms with E-state index in [0.29, 0.717) is 10.4 Å². The van der Waals surface area contributed by atoms with Crippen molar-refractivity contribution in [2.24, 2.45) is 11.7 Å². The molecule has 1 fully saturated rings. The fourth-order valence-electron chi connectivity index (χ4n) is 2.30. The van der Waals surface area contributed by atoms with Crippen molar-refractivity contribution in [3.8, 4) is 0 Å². The minimum atomic E-state index is -0.0982. The highest BCUT2D eigenvalue weighted by molar-refractivity contribution is 7.99. The Morgan fingerprint density at radius 3 is 3.12 bits per heavy atom. The fraction of sp³-hybridized carbons (Fsp3) is 0.667. The van der Waals surface area contributed by atoms with E-state index in [9.17, 15) is 4.79 Å². The van der Waals surface area contributed by atoms with Gasteiger partial charge < -0.3 is 10.7 Å². The average Bonchev–Trinajstić information content (AvgIpc) is 2.32. The quantitative estimate of drug-likeness (QED) is 0.805. The third-order valence-corrected chi connectivity index (χ3v) is 4.72. The molecule has 5 heteroatoms. The number of hydrogen-bond donors (Lipinski definition) is 2. The summed E-state index contributed by atoms with van der Waals surface area (Å²) in [5.41, 5.74) is 6.04. The summed E-state index contributed by atoms with van der Waals surface area (Å²) < 4.78 is 0. The molecule has 1 heterocycles. The molecule has 3 unspecified atom stereocenters. The lowest BCUT2D eigenvalue weighted by Crippen LogP contribution is -2.38. The van der Waals surface area contributed by atoms with Crippen LogP contribution in [0.4, 0.5) is 0 Å². The standard InChI is InChI=1S/C12H19N3OS/c1-2-8-3-4-9(13)10(7-8)17-12-14-6-5-11(16)15-12/h5-6,8-10H,2-4,7,13H2,1H3,(H,14,15,16). The van der Waals surface area contributed by atoms with Gasteiger partial charge in [-0.05, 0) is 25.2 Å². The van der Waals surface area contributed by atoms with Crippen LogP contribution in [0.3, 0.4) is 0 Å². The summed E-state index contributed by atoms with van der Waals surface area (Å²) in [5, 5.41) is 1.06. The number of nitrogens with one attached hydrogen (secondary N) is 1. The highest BCUT2D eigenvalue weighted by Gasteiger charge is 2.28. The molecule has 1 aliphatic carbocycles. The summed E-state index contributed by atoms with van der Waals surface area (Å²) in [4.78, 5) is 18.1. The van der Waals surface area contributed by atoms with E-state index in [1.54, 1.807) is 18.0 Å². The zero-order valence-corrected chi connectivity index (χ0v) is 10.9. The summed E-state index contributed by atoms with van der Waals surface area (Å²) in [5.74, 6) is 0.766. The minimum absolute atomic E-state index is 0.0982. The predicted octanol–water partition coefficient (Wildman–Crippen LogP) is 1.77. The predicted molar refractivity (Wildman–Crippen MR) is 70.1 cm³/mol. The third-order valence-electron chi connectivity index (χ3n) is 3.44. The van der Waals surface area contributed by atoms with Crippen molar-refractivity contribution in [3.63, 3.8) is 0 Å². The second-order valence-corrected chi connectivity index (χ2v) is 5.87. The van der Waals surface area contributed by atoms with Crippen LogP contribution in [0.15, 0.2) is 22.2 Å². The maximum absolute atomic E-state index is 11.2. The summed E-state index contributed by atoms with van der Waals surface area (Å²) in [6.07, 6.45) is 6.19. The van der Waals surface area contributed by atoms with Crippen molar-refractivity contribution < 1.29 is 0 Å². The number of nitrogens with zero attached hydrogens (tertiary/aromatic N) is 1. The molecule has 1 aliphatic rings. The Kier molecular flexibility index (Phi) is 4.23. The van der Waals surface area contributed by atoms with E-state index in [0.717, 1.165) is 18.8 Å². The monoisotopic (exact) mass is 253 g/mol. The van der Waals surface area contributed by atoms with Crippen molar-refractivity contribution in [3.05, 3.63) is 22.6 Å². The van der Waals surface area contributed by atoms with Crippen LogP contribution in [-0.4, -0.2) is 21.3 Å². The SMILES string of the molecule is CCC1CCC(N)C(Sc2nccc(=O)[nH]2)C1. The summed E-state index contributed by atoms with van der Waals surface area (Å²) >= 11 is 1.61. The smallest absolute Gasteiger partial charge is 0.251 e. The first-order valence-corrected chi connectivity index (χ1v) is 7.04. The van der Waals surface area contributed by atoms with Crippen LogP contribution in [0.1, 0.15) is 32.6 Å². The first-order chi connectivity index (χ1) is 8.19. The van der Waals surface area contributed by atoms with E-state index in [1.165, 1.54) is 18.9 Å². The first kappa shape index (κ1) is 12.6. The van der Waals surface area contributed by atoms with E-state index in [1.807, 2.05) is 0 Å². The second kappa shape index (κ2) is 5.69. The van der Waals surface area contributed by atoms with Crippen LogP contribution in [-0.2, 0) is 0 Å². The molecule has 0 aromatic carbocycles. The molecule has 3 atom stereocenters. The number of aromatic nitrogens is 2. The van der Waals surface area contributed by atoms with Gasteiger partial charge in [-0.15, -0.1) is 0 Å². The van der Waals surface area contributed by atoms with Crippen LogP contribution in [0.2, 0.25) is 0 Å². The number of hydrogen-bond acceptors (Lipinski definition) is 4. The molecule has 0 spiro atoms. The van der Waals surface area contributed by atoms with Gasteiger partial charge in [-0.3, -0.25) is 4.79 Å². The van der Waals surface area contributed by atoms with Crippen molar-refractivity contribution in [1.29, 1.82) is 0 Å². The maximum Gasteiger partial charge on any atom is 0.251 e. The van der Waals surface area contributed by atoms with E-state index < -0.39 is 0 Å². The Balaban J connectivity index is 2.03. The first-order valence-electron chi connectivity index (χ1n) is 6.16. The normalized spacial score (nSPS) is 29.2. The molecule has 0 aliphatic heterocycles. The lowest BCUT2D eigenvalue weighted by Gasteiger charge is -2.32. The molecule has 0 bridgehead atoms. The van der Waals surface area contributed by atoms with Crippen LogP contribution >= 0.6 is 11.8 Å². The van der Waals surface area contributed by atoms with Gasteiger partial charge in [0.2, 0.25) is 0 Å². The van der Waals surface area contributed by atoms with Gasteiger partial charge in [-0.1, -0.05) is 25.1 Å². The lowest BCUT2D eigenvalue weighted by atomic mass is 9.84. The lowest BCUT2D eigenvalue weighted by molar-refractivity contribution is 0.327. The second-order valence-electron chi connectivity index (χ2n) is 4.65. The van der Waals surface area contributed by atoms with Crippen LogP contribution < -0.4 is 11.3 Å². The van der Waals surface area contributed by atoms with Gasteiger partial charge in [0.25, 0.3) is 5.56 Å². The average molecular weight is 253 g/mol. The van der Waals surface area contributed by atoms with Gasteiger partial charge in [0.15, 0.2) is 5.16 Å². The van der Waals surface area contributed by atoms with Crippen LogP contribution in [0, 0.1) is 5.92 Å². The Labute approximate surface area is 105 Å². The molecule has 1 saturated carbocycles. The topological polar surface area (TPSA) is 71.8 Å². The molecule has 0 amide bonds. The molecule has 17 heavy (non-hydrogen) atoms.